The lowest BCUT2D eigenvalue weighted by Crippen LogP contribution is -2.17. The standard InChI is InChI=1S/C16H16FN3O/c1-3-20-10-12(9-19-20)8-18-11(2)15-7-13-5-4-6-14(17)16(13)21-15/h3-7,9-11,18H,1,8H2,2H3/t11-/m1/s1. The first-order valence-electron chi connectivity index (χ1n) is 6.74. The number of nitrogens with zero attached hydrogens (tertiary/aromatic N) is 2. The minimum Gasteiger partial charge on any atom is -0.456 e. The van der Waals surface area contributed by atoms with Crippen molar-refractivity contribution in [3.05, 3.63) is 60.4 Å². The van der Waals surface area contributed by atoms with E-state index in [2.05, 4.69) is 17.0 Å². The van der Waals surface area contributed by atoms with Crippen LogP contribution in [-0.4, -0.2) is 9.78 Å². The third-order valence-electron chi connectivity index (χ3n) is 3.40. The van der Waals surface area contributed by atoms with Gasteiger partial charge in [0.25, 0.3) is 0 Å². The van der Waals surface area contributed by atoms with Crippen LogP contribution in [0.3, 0.4) is 0 Å². The van der Waals surface area contributed by atoms with Gasteiger partial charge in [-0.25, -0.2) is 9.07 Å². The maximum absolute atomic E-state index is 13.6. The molecule has 0 radical (unpaired) electrons. The van der Waals surface area contributed by atoms with Gasteiger partial charge in [-0.1, -0.05) is 18.7 Å². The second-order valence-corrected chi connectivity index (χ2v) is 4.92. The molecule has 2 aromatic heterocycles. The Morgan fingerprint density at radius 3 is 3.10 bits per heavy atom. The lowest BCUT2D eigenvalue weighted by molar-refractivity contribution is 0.442. The van der Waals surface area contributed by atoms with Crippen LogP contribution in [-0.2, 0) is 6.54 Å². The zero-order chi connectivity index (χ0) is 14.8. The van der Waals surface area contributed by atoms with E-state index in [9.17, 15) is 4.39 Å². The Kier molecular flexibility index (Phi) is 3.58. The van der Waals surface area contributed by atoms with E-state index in [1.165, 1.54) is 6.07 Å². The van der Waals surface area contributed by atoms with Crippen molar-refractivity contribution in [2.45, 2.75) is 19.5 Å². The summed E-state index contributed by atoms with van der Waals surface area (Å²) in [6.07, 6.45) is 5.31. The van der Waals surface area contributed by atoms with E-state index in [0.29, 0.717) is 17.9 Å². The first-order chi connectivity index (χ1) is 10.2. The van der Waals surface area contributed by atoms with Gasteiger partial charge in [0, 0.05) is 29.9 Å². The van der Waals surface area contributed by atoms with Gasteiger partial charge in [-0.05, 0) is 19.1 Å². The number of hydrogen-bond donors (Lipinski definition) is 1. The van der Waals surface area contributed by atoms with Gasteiger partial charge in [0.2, 0.25) is 0 Å². The zero-order valence-electron chi connectivity index (χ0n) is 11.7. The number of fused-ring (bicyclic) bond motifs is 1. The van der Waals surface area contributed by atoms with E-state index in [4.69, 9.17) is 4.42 Å². The van der Waals surface area contributed by atoms with Crippen LogP contribution in [0.4, 0.5) is 4.39 Å². The fraction of sp³-hybridized carbons (Fsp3) is 0.188. The Bertz CT molecular complexity index is 775. The molecule has 3 rings (SSSR count). The van der Waals surface area contributed by atoms with E-state index in [1.54, 1.807) is 23.1 Å². The van der Waals surface area contributed by atoms with Crippen molar-refractivity contribution in [1.29, 1.82) is 0 Å². The molecule has 0 aliphatic heterocycles. The molecule has 1 aromatic carbocycles. The van der Waals surface area contributed by atoms with E-state index in [-0.39, 0.29) is 11.9 Å². The number of furan rings is 1. The molecule has 0 amide bonds. The number of para-hydroxylation sites is 1. The molecule has 4 nitrogen and oxygen atoms in total. The molecule has 2 heterocycles. The molecule has 0 aliphatic carbocycles. The monoisotopic (exact) mass is 285 g/mol. The summed E-state index contributed by atoms with van der Waals surface area (Å²) in [5.74, 6) is 0.379. The summed E-state index contributed by atoms with van der Waals surface area (Å²) in [6.45, 7) is 6.28. The molecule has 0 saturated carbocycles. The van der Waals surface area contributed by atoms with Crippen molar-refractivity contribution in [2.75, 3.05) is 0 Å². The lowest BCUT2D eigenvalue weighted by atomic mass is 10.2. The molecule has 21 heavy (non-hydrogen) atoms. The van der Waals surface area contributed by atoms with Gasteiger partial charge >= 0.3 is 0 Å². The van der Waals surface area contributed by atoms with Crippen molar-refractivity contribution >= 4 is 17.2 Å². The molecule has 3 aromatic rings. The Morgan fingerprint density at radius 1 is 1.52 bits per heavy atom. The molecule has 0 fully saturated rings. The number of aromatic nitrogens is 2. The van der Waals surface area contributed by atoms with Crippen LogP contribution in [0.5, 0.6) is 0 Å². The predicted molar refractivity (Wildman–Crippen MR) is 80.0 cm³/mol. The number of halogens is 1. The largest absolute Gasteiger partial charge is 0.456 e. The Hall–Kier alpha value is -2.40. The normalized spacial score (nSPS) is 12.7. The number of nitrogens with one attached hydrogen (secondary N) is 1. The van der Waals surface area contributed by atoms with Crippen LogP contribution >= 0.6 is 0 Å². The topological polar surface area (TPSA) is 43.0 Å². The fourth-order valence-electron chi connectivity index (χ4n) is 2.20. The minimum atomic E-state index is -0.335. The zero-order valence-corrected chi connectivity index (χ0v) is 11.7. The maximum atomic E-state index is 13.6. The molecule has 0 bridgehead atoms. The van der Waals surface area contributed by atoms with E-state index >= 15 is 0 Å². The van der Waals surface area contributed by atoms with Gasteiger partial charge in [-0.2, -0.15) is 5.10 Å². The number of hydrogen-bond acceptors (Lipinski definition) is 3. The average molecular weight is 285 g/mol. The molecule has 0 aliphatic rings. The van der Waals surface area contributed by atoms with Crippen LogP contribution in [0.1, 0.15) is 24.3 Å². The third kappa shape index (κ3) is 2.73. The van der Waals surface area contributed by atoms with Crippen molar-refractivity contribution in [3.8, 4) is 0 Å². The summed E-state index contributed by atoms with van der Waals surface area (Å²) >= 11 is 0. The molecule has 1 atom stereocenters. The molecule has 0 unspecified atom stereocenters. The molecular weight excluding hydrogens is 269 g/mol. The first kappa shape index (κ1) is 13.6. The van der Waals surface area contributed by atoms with Gasteiger partial charge in [-0.3, -0.25) is 0 Å². The van der Waals surface area contributed by atoms with Crippen LogP contribution < -0.4 is 5.32 Å². The Morgan fingerprint density at radius 2 is 2.38 bits per heavy atom. The van der Waals surface area contributed by atoms with Gasteiger partial charge in [-0.15, -0.1) is 0 Å². The van der Waals surface area contributed by atoms with Crippen LogP contribution in [0, 0.1) is 5.82 Å². The fourth-order valence-corrected chi connectivity index (χ4v) is 2.20. The highest BCUT2D eigenvalue weighted by atomic mass is 19.1. The summed E-state index contributed by atoms with van der Waals surface area (Å²) in [5.41, 5.74) is 1.35. The van der Waals surface area contributed by atoms with Gasteiger partial charge in [0.15, 0.2) is 11.4 Å². The molecule has 0 spiro atoms. The van der Waals surface area contributed by atoms with Gasteiger partial charge in [0.1, 0.15) is 5.76 Å². The van der Waals surface area contributed by atoms with Gasteiger partial charge < -0.3 is 9.73 Å². The number of benzene rings is 1. The van der Waals surface area contributed by atoms with Crippen molar-refractivity contribution < 1.29 is 8.81 Å². The average Bonchev–Trinajstić information content (AvgIpc) is 3.12. The molecule has 0 saturated heterocycles. The maximum Gasteiger partial charge on any atom is 0.169 e. The quantitative estimate of drug-likeness (QED) is 0.777. The van der Waals surface area contributed by atoms with Crippen molar-refractivity contribution in [1.82, 2.24) is 15.1 Å². The van der Waals surface area contributed by atoms with Crippen LogP contribution in [0.25, 0.3) is 17.2 Å². The lowest BCUT2D eigenvalue weighted by Gasteiger charge is -2.09. The highest BCUT2D eigenvalue weighted by Crippen LogP contribution is 2.25. The highest BCUT2D eigenvalue weighted by Gasteiger charge is 2.13. The predicted octanol–water partition coefficient (Wildman–Crippen LogP) is 3.72. The molecule has 5 heteroatoms. The van der Waals surface area contributed by atoms with Crippen LogP contribution in [0.2, 0.25) is 0 Å². The van der Waals surface area contributed by atoms with E-state index in [0.717, 1.165) is 10.9 Å². The smallest absolute Gasteiger partial charge is 0.169 e. The third-order valence-corrected chi connectivity index (χ3v) is 3.40. The SMILES string of the molecule is C=Cn1cc(CN[C@H](C)c2cc3cccc(F)c3o2)cn1. The second kappa shape index (κ2) is 5.54. The van der Waals surface area contributed by atoms with E-state index in [1.807, 2.05) is 25.3 Å². The van der Waals surface area contributed by atoms with Gasteiger partial charge in [0.05, 0.1) is 12.2 Å². The second-order valence-electron chi connectivity index (χ2n) is 4.92. The summed E-state index contributed by atoms with van der Waals surface area (Å²) in [5, 5.41) is 8.22. The summed E-state index contributed by atoms with van der Waals surface area (Å²) in [6, 6.07) is 6.76. The highest BCUT2D eigenvalue weighted by molar-refractivity contribution is 5.78. The Labute approximate surface area is 121 Å². The minimum absolute atomic E-state index is 0.0242. The summed E-state index contributed by atoms with van der Waals surface area (Å²) in [7, 11) is 0. The van der Waals surface area contributed by atoms with Crippen LogP contribution in [0.15, 0.2) is 47.7 Å². The van der Waals surface area contributed by atoms with Crippen molar-refractivity contribution in [3.63, 3.8) is 0 Å². The number of rotatable bonds is 5. The summed E-state index contributed by atoms with van der Waals surface area (Å²) in [4.78, 5) is 0. The van der Waals surface area contributed by atoms with E-state index < -0.39 is 0 Å². The Balaban J connectivity index is 1.73. The molecular formula is C16H16FN3O. The first-order valence-corrected chi connectivity index (χ1v) is 6.74. The van der Waals surface area contributed by atoms with Crippen molar-refractivity contribution in [2.24, 2.45) is 0 Å². The molecule has 108 valence electrons. The summed E-state index contributed by atoms with van der Waals surface area (Å²) < 4.78 is 20.9. The molecule has 1 N–H and O–H groups in total.